The van der Waals surface area contributed by atoms with Crippen molar-refractivity contribution in [2.75, 3.05) is 25.4 Å². The summed E-state index contributed by atoms with van der Waals surface area (Å²) in [7, 11) is -3.25. The van der Waals surface area contributed by atoms with E-state index in [2.05, 4.69) is 51.5 Å². The minimum absolute atomic E-state index is 0. The number of nitrogens with one attached hydrogen (secondary N) is 3. The molecule has 0 radical (unpaired) electrons. The smallest absolute Gasteiger partial charge is 0.213 e. The SMILES string of the molecule is CCNC(=NCCS(=O)(=O)NCC1CCC1)NC(C)CCc1ccccc1.I. The molecule has 1 aromatic rings. The standard InChI is InChI=1S/C20H34N4O2S.HI/c1-3-21-20(24-17(2)12-13-18-8-5-4-6-9-18)22-14-15-27(25,26)23-16-19-10-7-11-19;/h4-6,8-9,17,19,23H,3,7,10-16H2,1-2H3,(H2,21,22,24);1H. The van der Waals surface area contributed by atoms with Crippen molar-refractivity contribution < 1.29 is 8.42 Å². The van der Waals surface area contributed by atoms with Crippen LogP contribution in [0.1, 0.15) is 45.1 Å². The summed E-state index contributed by atoms with van der Waals surface area (Å²) < 4.78 is 26.9. The fraction of sp³-hybridized carbons (Fsp3) is 0.650. The highest BCUT2D eigenvalue weighted by Crippen LogP contribution is 2.25. The zero-order valence-corrected chi connectivity index (χ0v) is 20.1. The molecule has 1 fully saturated rings. The van der Waals surface area contributed by atoms with Crippen LogP contribution >= 0.6 is 24.0 Å². The van der Waals surface area contributed by atoms with Gasteiger partial charge in [-0.15, -0.1) is 24.0 Å². The summed E-state index contributed by atoms with van der Waals surface area (Å²) >= 11 is 0. The predicted molar refractivity (Wildman–Crippen MR) is 128 cm³/mol. The van der Waals surface area contributed by atoms with Crippen LogP contribution in [0.5, 0.6) is 0 Å². The number of aliphatic imine (C=N–C) groups is 1. The Morgan fingerprint density at radius 3 is 2.57 bits per heavy atom. The predicted octanol–water partition coefficient (Wildman–Crippen LogP) is 2.90. The van der Waals surface area contributed by atoms with Gasteiger partial charge in [-0.25, -0.2) is 13.1 Å². The molecule has 1 atom stereocenters. The van der Waals surface area contributed by atoms with E-state index in [9.17, 15) is 8.42 Å². The van der Waals surface area contributed by atoms with Crippen LogP contribution in [0.25, 0.3) is 0 Å². The summed E-state index contributed by atoms with van der Waals surface area (Å²) in [4.78, 5) is 4.43. The van der Waals surface area contributed by atoms with E-state index in [1.165, 1.54) is 12.0 Å². The van der Waals surface area contributed by atoms with Gasteiger partial charge in [-0.3, -0.25) is 4.99 Å². The monoisotopic (exact) mass is 522 g/mol. The van der Waals surface area contributed by atoms with E-state index in [1.807, 2.05) is 13.0 Å². The van der Waals surface area contributed by atoms with Gasteiger partial charge in [0.1, 0.15) is 0 Å². The van der Waals surface area contributed by atoms with E-state index in [-0.39, 0.29) is 42.3 Å². The molecule has 0 bridgehead atoms. The Balaban J connectivity index is 0.00000392. The summed E-state index contributed by atoms with van der Waals surface area (Å²) in [6.07, 6.45) is 5.46. The van der Waals surface area contributed by atoms with Crippen LogP contribution in [0, 0.1) is 5.92 Å². The van der Waals surface area contributed by atoms with Gasteiger partial charge in [-0.05, 0) is 51.0 Å². The first-order valence-electron chi connectivity index (χ1n) is 10.0. The average molecular weight is 522 g/mol. The molecule has 1 saturated carbocycles. The van der Waals surface area contributed by atoms with E-state index in [0.717, 1.165) is 32.2 Å². The lowest BCUT2D eigenvalue weighted by atomic mass is 9.86. The third-order valence-corrected chi connectivity index (χ3v) is 6.21. The molecule has 2 rings (SSSR count). The van der Waals surface area contributed by atoms with Crippen molar-refractivity contribution in [3.8, 4) is 0 Å². The molecule has 1 aliphatic rings. The Kier molecular flexibility index (Phi) is 12.0. The van der Waals surface area contributed by atoms with Gasteiger partial charge in [0.05, 0.1) is 12.3 Å². The summed E-state index contributed by atoms with van der Waals surface area (Å²) in [6, 6.07) is 10.6. The molecule has 1 aliphatic carbocycles. The molecule has 8 heteroatoms. The van der Waals surface area contributed by atoms with Gasteiger partial charge < -0.3 is 10.6 Å². The molecule has 3 N–H and O–H groups in total. The number of guanidine groups is 1. The summed E-state index contributed by atoms with van der Waals surface area (Å²) in [5.41, 5.74) is 1.32. The number of hydrogen-bond donors (Lipinski definition) is 3. The lowest BCUT2D eigenvalue weighted by Crippen LogP contribution is -2.43. The number of nitrogens with zero attached hydrogens (tertiary/aromatic N) is 1. The van der Waals surface area contributed by atoms with Crippen molar-refractivity contribution in [2.45, 2.75) is 52.0 Å². The second-order valence-corrected chi connectivity index (χ2v) is 9.22. The molecule has 0 aliphatic heterocycles. The fourth-order valence-electron chi connectivity index (χ4n) is 2.94. The van der Waals surface area contributed by atoms with Crippen molar-refractivity contribution in [3.63, 3.8) is 0 Å². The molecule has 1 unspecified atom stereocenters. The summed E-state index contributed by atoms with van der Waals surface area (Å²) in [5.74, 6) is 1.22. The van der Waals surface area contributed by atoms with Crippen molar-refractivity contribution >= 4 is 40.0 Å². The van der Waals surface area contributed by atoms with Crippen LogP contribution < -0.4 is 15.4 Å². The Morgan fingerprint density at radius 2 is 1.96 bits per heavy atom. The first-order valence-corrected chi connectivity index (χ1v) is 11.7. The van der Waals surface area contributed by atoms with Crippen LogP contribution in [-0.2, 0) is 16.4 Å². The van der Waals surface area contributed by atoms with E-state index < -0.39 is 10.0 Å². The van der Waals surface area contributed by atoms with E-state index in [1.54, 1.807) is 0 Å². The average Bonchev–Trinajstić information content (AvgIpc) is 2.59. The molecule has 0 amide bonds. The van der Waals surface area contributed by atoms with E-state index in [0.29, 0.717) is 18.4 Å². The minimum atomic E-state index is -3.25. The Morgan fingerprint density at radius 1 is 1.25 bits per heavy atom. The second-order valence-electron chi connectivity index (χ2n) is 7.29. The largest absolute Gasteiger partial charge is 0.357 e. The Bertz CT molecular complexity index is 679. The number of benzene rings is 1. The van der Waals surface area contributed by atoms with Gasteiger partial charge in [-0.1, -0.05) is 36.8 Å². The highest BCUT2D eigenvalue weighted by molar-refractivity contribution is 14.0. The lowest BCUT2D eigenvalue weighted by Gasteiger charge is -2.25. The minimum Gasteiger partial charge on any atom is -0.357 e. The first-order chi connectivity index (χ1) is 13.0. The number of aryl methyl sites for hydroxylation is 1. The van der Waals surface area contributed by atoms with Gasteiger partial charge in [0, 0.05) is 19.1 Å². The quantitative estimate of drug-likeness (QED) is 0.237. The summed E-state index contributed by atoms with van der Waals surface area (Å²) in [6.45, 7) is 5.68. The third-order valence-electron chi connectivity index (χ3n) is 4.88. The van der Waals surface area contributed by atoms with Gasteiger partial charge in [-0.2, -0.15) is 0 Å². The molecular weight excluding hydrogens is 487 g/mol. The number of hydrogen-bond acceptors (Lipinski definition) is 3. The van der Waals surface area contributed by atoms with Crippen LogP contribution in [0.15, 0.2) is 35.3 Å². The third kappa shape index (κ3) is 10.1. The number of halogens is 1. The van der Waals surface area contributed by atoms with Crippen molar-refractivity contribution in [1.29, 1.82) is 0 Å². The topological polar surface area (TPSA) is 82.6 Å². The molecule has 0 spiro atoms. The lowest BCUT2D eigenvalue weighted by molar-refractivity contribution is 0.316. The van der Waals surface area contributed by atoms with Gasteiger partial charge >= 0.3 is 0 Å². The first kappa shape index (κ1) is 25.2. The Hall–Kier alpha value is -0.870. The zero-order valence-electron chi connectivity index (χ0n) is 17.0. The zero-order chi connectivity index (χ0) is 19.5. The molecule has 0 saturated heterocycles. The number of sulfonamides is 1. The fourth-order valence-corrected chi connectivity index (χ4v) is 3.91. The van der Waals surface area contributed by atoms with E-state index >= 15 is 0 Å². The van der Waals surface area contributed by atoms with Gasteiger partial charge in [0.25, 0.3) is 0 Å². The van der Waals surface area contributed by atoms with Crippen molar-refractivity contribution in [3.05, 3.63) is 35.9 Å². The van der Waals surface area contributed by atoms with Crippen LogP contribution in [0.3, 0.4) is 0 Å². The number of rotatable bonds is 11. The van der Waals surface area contributed by atoms with Gasteiger partial charge in [0.15, 0.2) is 5.96 Å². The molecule has 160 valence electrons. The van der Waals surface area contributed by atoms with Gasteiger partial charge in [0.2, 0.25) is 10.0 Å². The second kappa shape index (κ2) is 13.4. The molecular formula is C20H35IN4O2S. The highest BCUT2D eigenvalue weighted by atomic mass is 127. The van der Waals surface area contributed by atoms with Crippen LogP contribution in [0.2, 0.25) is 0 Å². The van der Waals surface area contributed by atoms with Crippen LogP contribution in [-0.4, -0.2) is 45.8 Å². The Labute approximate surface area is 187 Å². The normalized spacial score (nSPS) is 16.0. The summed E-state index contributed by atoms with van der Waals surface area (Å²) in [5, 5.41) is 6.56. The van der Waals surface area contributed by atoms with Crippen molar-refractivity contribution in [2.24, 2.45) is 10.9 Å². The molecule has 1 aromatic carbocycles. The van der Waals surface area contributed by atoms with Crippen LogP contribution in [0.4, 0.5) is 0 Å². The molecule has 0 heterocycles. The molecule has 28 heavy (non-hydrogen) atoms. The molecule has 0 aromatic heterocycles. The van der Waals surface area contributed by atoms with E-state index in [4.69, 9.17) is 0 Å². The molecule has 6 nitrogen and oxygen atoms in total. The maximum atomic E-state index is 12.1. The maximum Gasteiger partial charge on any atom is 0.213 e. The van der Waals surface area contributed by atoms with Crippen molar-refractivity contribution in [1.82, 2.24) is 15.4 Å². The highest BCUT2D eigenvalue weighted by Gasteiger charge is 2.20. The maximum absolute atomic E-state index is 12.1.